The highest BCUT2D eigenvalue weighted by molar-refractivity contribution is 5.43. The number of para-hydroxylation sites is 1. The first-order valence-corrected chi connectivity index (χ1v) is 12.5. The van der Waals surface area contributed by atoms with Crippen molar-refractivity contribution in [1.82, 2.24) is 14.5 Å². The molecule has 0 spiro atoms. The molecule has 1 aromatic heterocycles. The Morgan fingerprint density at radius 2 is 1.94 bits per heavy atom. The van der Waals surface area contributed by atoms with Gasteiger partial charge in [0.1, 0.15) is 23.8 Å². The molecule has 3 aromatic rings. The third-order valence-electron chi connectivity index (χ3n) is 6.44. The summed E-state index contributed by atoms with van der Waals surface area (Å²) in [5, 5.41) is 11.1. The quantitative estimate of drug-likeness (QED) is 0.390. The minimum atomic E-state index is -0.853. The lowest BCUT2D eigenvalue weighted by Gasteiger charge is -2.39. The van der Waals surface area contributed by atoms with Gasteiger partial charge in [0.25, 0.3) is 0 Å². The maximum absolute atomic E-state index is 11.1. The van der Waals surface area contributed by atoms with E-state index < -0.39 is 5.60 Å². The standard InChI is InChI=1S/C28H37N3O4/c1-3-27-29-14-17-31(27)16-8-18-34-25-12-11-23(19-26(25)33-2)20-30-15-7-13-28(32,21-30)22-35-24-9-5-4-6-10-24/h4-6,9-12,14,17,19,32H,3,7-8,13,15-16,18,20-22H2,1-2H3. The lowest BCUT2D eigenvalue weighted by molar-refractivity contribution is -0.0621. The number of hydrogen-bond donors (Lipinski definition) is 1. The van der Waals surface area contributed by atoms with Crippen molar-refractivity contribution >= 4 is 0 Å². The van der Waals surface area contributed by atoms with Crippen molar-refractivity contribution in [1.29, 1.82) is 0 Å². The fourth-order valence-electron chi connectivity index (χ4n) is 4.66. The van der Waals surface area contributed by atoms with Crippen molar-refractivity contribution in [2.45, 2.75) is 51.3 Å². The van der Waals surface area contributed by atoms with Gasteiger partial charge in [-0.15, -0.1) is 0 Å². The van der Waals surface area contributed by atoms with E-state index in [1.807, 2.05) is 54.9 Å². The lowest BCUT2D eigenvalue weighted by Crippen LogP contribution is -2.51. The van der Waals surface area contributed by atoms with Gasteiger partial charge in [-0.05, 0) is 55.6 Å². The second-order valence-electron chi connectivity index (χ2n) is 9.22. The van der Waals surface area contributed by atoms with E-state index in [4.69, 9.17) is 14.2 Å². The van der Waals surface area contributed by atoms with E-state index in [9.17, 15) is 5.11 Å². The highest BCUT2D eigenvalue weighted by atomic mass is 16.5. The lowest BCUT2D eigenvalue weighted by atomic mass is 9.93. The summed E-state index contributed by atoms with van der Waals surface area (Å²) >= 11 is 0. The maximum Gasteiger partial charge on any atom is 0.161 e. The average molecular weight is 480 g/mol. The largest absolute Gasteiger partial charge is 0.493 e. The monoisotopic (exact) mass is 479 g/mol. The zero-order valence-corrected chi connectivity index (χ0v) is 20.9. The zero-order chi connectivity index (χ0) is 24.5. The van der Waals surface area contributed by atoms with Crippen molar-refractivity contribution < 1.29 is 19.3 Å². The van der Waals surface area contributed by atoms with Crippen molar-refractivity contribution in [2.24, 2.45) is 0 Å². The maximum atomic E-state index is 11.1. The van der Waals surface area contributed by atoms with Crippen LogP contribution in [0.25, 0.3) is 0 Å². The van der Waals surface area contributed by atoms with E-state index in [-0.39, 0.29) is 0 Å². The first-order chi connectivity index (χ1) is 17.1. The molecule has 0 bridgehead atoms. The predicted octanol–water partition coefficient (Wildman–Crippen LogP) is 4.33. The molecule has 35 heavy (non-hydrogen) atoms. The van der Waals surface area contributed by atoms with Gasteiger partial charge in [-0.25, -0.2) is 4.98 Å². The summed E-state index contributed by atoms with van der Waals surface area (Å²) in [6, 6.07) is 15.8. The summed E-state index contributed by atoms with van der Waals surface area (Å²) in [6.45, 7) is 6.17. The Morgan fingerprint density at radius 3 is 2.74 bits per heavy atom. The summed E-state index contributed by atoms with van der Waals surface area (Å²) in [6.07, 6.45) is 7.36. The molecule has 0 amide bonds. The van der Waals surface area contributed by atoms with E-state index in [1.165, 1.54) is 0 Å². The Labute approximate surface area is 208 Å². The second-order valence-corrected chi connectivity index (χ2v) is 9.22. The van der Waals surface area contributed by atoms with Crippen LogP contribution in [0, 0.1) is 0 Å². The molecule has 1 aliphatic rings. The normalized spacial score (nSPS) is 18.4. The molecule has 1 fully saturated rings. The third-order valence-corrected chi connectivity index (χ3v) is 6.44. The van der Waals surface area contributed by atoms with Crippen LogP contribution in [0.2, 0.25) is 0 Å². The van der Waals surface area contributed by atoms with Crippen molar-refractivity contribution in [3.8, 4) is 17.2 Å². The number of aryl methyl sites for hydroxylation is 2. The van der Waals surface area contributed by atoms with E-state index in [0.717, 1.165) is 74.0 Å². The number of ether oxygens (including phenoxy) is 3. The second kappa shape index (κ2) is 12.1. The van der Waals surface area contributed by atoms with Crippen LogP contribution in [-0.4, -0.2) is 58.6 Å². The number of benzene rings is 2. The van der Waals surface area contributed by atoms with Crippen LogP contribution in [0.15, 0.2) is 60.9 Å². The minimum Gasteiger partial charge on any atom is -0.493 e. The van der Waals surface area contributed by atoms with Gasteiger partial charge < -0.3 is 23.9 Å². The molecule has 1 saturated heterocycles. The zero-order valence-electron chi connectivity index (χ0n) is 20.9. The highest BCUT2D eigenvalue weighted by Gasteiger charge is 2.34. The Morgan fingerprint density at radius 1 is 1.09 bits per heavy atom. The molecule has 1 unspecified atom stereocenters. The third kappa shape index (κ3) is 6.99. The number of piperidine rings is 1. The number of aromatic nitrogens is 2. The Kier molecular flexibility index (Phi) is 8.66. The molecule has 188 valence electrons. The molecule has 0 radical (unpaired) electrons. The summed E-state index contributed by atoms with van der Waals surface area (Å²) in [7, 11) is 1.67. The van der Waals surface area contributed by atoms with Crippen molar-refractivity contribution in [3.63, 3.8) is 0 Å². The first kappa shape index (κ1) is 25.1. The summed E-state index contributed by atoms with van der Waals surface area (Å²) in [5.41, 5.74) is 0.280. The molecule has 2 heterocycles. The molecule has 1 atom stereocenters. The van der Waals surface area contributed by atoms with Crippen molar-refractivity contribution in [2.75, 3.05) is 33.4 Å². The fourth-order valence-corrected chi connectivity index (χ4v) is 4.66. The average Bonchev–Trinajstić information content (AvgIpc) is 3.34. The molecule has 7 nitrogen and oxygen atoms in total. The molecular weight excluding hydrogens is 442 g/mol. The molecule has 0 aliphatic carbocycles. The van der Waals surface area contributed by atoms with Gasteiger partial charge in [0.2, 0.25) is 0 Å². The van der Waals surface area contributed by atoms with Gasteiger partial charge >= 0.3 is 0 Å². The summed E-state index contributed by atoms with van der Waals surface area (Å²) in [5.74, 6) is 3.38. The smallest absolute Gasteiger partial charge is 0.161 e. The van der Waals surface area contributed by atoms with E-state index >= 15 is 0 Å². The predicted molar refractivity (Wildman–Crippen MR) is 136 cm³/mol. The van der Waals surface area contributed by atoms with Crippen LogP contribution >= 0.6 is 0 Å². The topological polar surface area (TPSA) is 69.0 Å². The van der Waals surface area contributed by atoms with Crippen LogP contribution < -0.4 is 14.2 Å². The Hall–Kier alpha value is -3.03. The van der Waals surface area contributed by atoms with Crippen LogP contribution in [-0.2, 0) is 19.5 Å². The van der Waals surface area contributed by atoms with Gasteiger partial charge in [0, 0.05) is 38.4 Å². The summed E-state index contributed by atoms with van der Waals surface area (Å²) in [4.78, 5) is 6.65. The molecule has 7 heteroatoms. The molecule has 0 saturated carbocycles. The SMILES string of the molecule is CCc1nccn1CCCOc1ccc(CN2CCCC(O)(COc3ccccc3)C2)cc1OC. The van der Waals surface area contributed by atoms with Crippen LogP contribution in [0.1, 0.15) is 37.6 Å². The number of hydrogen-bond acceptors (Lipinski definition) is 6. The first-order valence-electron chi connectivity index (χ1n) is 12.5. The van der Waals surface area contributed by atoms with Gasteiger partial charge in [0.05, 0.1) is 13.7 Å². The number of aliphatic hydroxyl groups is 1. The Bertz CT molecular complexity index is 1060. The number of likely N-dealkylation sites (tertiary alicyclic amines) is 1. The van der Waals surface area contributed by atoms with Crippen molar-refractivity contribution in [3.05, 3.63) is 72.3 Å². The molecule has 1 N–H and O–H groups in total. The van der Waals surface area contributed by atoms with Gasteiger partial charge in [-0.2, -0.15) is 0 Å². The highest BCUT2D eigenvalue weighted by Crippen LogP contribution is 2.30. The number of β-amino-alcohol motifs (C(OH)–C–C–N with tert-alkyl or cyclic N) is 1. The van der Waals surface area contributed by atoms with E-state index in [0.29, 0.717) is 19.8 Å². The number of methoxy groups -OCH3 is 1. The van der Waals surface area contributed by atoms with Gasteiger partial charge in [-0.3, -0.25) is 4.90 Å². The number of nitrogens with zero attached hydrogens (tertiary/aromatic N) is 3. The van der Waals surface area contributed by atoms with Gasteiger partial charge in [0.15, 0.2) is 11.5 Å². The van der Waals surface area contributed by atoms with E-state index in [1.54, 1.807) is 7.11 Å². The van der Waals surface area contributed by atoms with Crippen LogP contribution in [0.4, 0.5) is 0 Å². The number of rotatable bonds is 12. The molecule has 1 aliphatic heterocycles. The van der Waals surface area contributed by atoms with Gasteiger partial charge in [-0.1, -0.05) is 31.2 Å². The minimum absolute atomic E-state index is 0.294. The fraction of sp³-hybridized carbons (Fsp3) is 0.464. The van der Waals surface area contributed by atoms with E-state index in [2.05, 4.69) is 27.4 Å². The Balaban J connectivity index is 1.28. The molecular formula is C28H37N3O4. The molecule has 4 rings (SSSR count). The van der Waals surface area contributed by atoms with Crippen LogP contribution in [0.5, 0.6) is 17.2 Å². The van der Waals surface area contributed by atoms with Crippen LogP contribution in [0.3, 0.4) is 0 Å². The number of imidazole rings is 1. The summed E-state index contributed by atoms with van der Waals surface area (Å²) < 4.78 is 19.7. The molecule has 2 aromatic carbocycles.